The Hall–Kier alpha value is -1.52. The molecule has 1 heterocycles. The molecule has 1 aliphatic heterocycles. The molecule has 0 radical (unpaired) electrons. The molecule has 1 aromatic carbocycles. The summed E-state index contributed by atoms with van der Waals surface area (Å²) in [5.74, 6) is -0.957. The first-order chi connectivity index (χ1) is 10.1. The fraction of sp³-hybridized carbons (Fsp3) is 0.438. The van der Waals surface area contributed by atoms with Crippen LogP contribution in [0.2, 0.25) is 5.02 Å². The van der Waals surface area contributed by atoms with Crippen molar-refractivity contribution in [1.29, 1.82) is 0 Å². The largest absolute Gasteiger partial charge is 0.478 e. The van der Waals surface area contributed by atoms with Crippen molar-refractivity contribution in [1.82, 2.24) is 0 Å². The molecule has 4 nitrogen and oxygen atoms in total. The molecular formula is C16H18ClNO3. The van der Waals surface area contributed by atoms with Crippen LogP contribution in [0.25, 0.3) is 6.08 Å². The molecular weight excluding hydrogens is 290 g/mol. The van der Waals surface area contributed by atoms with E-state index in [0.717, 1.165) is 36.7 Å². The normalized spacial score (nSPS) is 25.3. The molecule has 112 valence electrons. The fourth-order valence-corrected chi connectivity index (χ4v) is 3.49. The summed E-state index contributed by atoms with van der Waals surface area (Å²) in [5, 5.41) is 9.45. The third-order valence-electron chi connectivity index (χ3n) is 4.19. The Morgan fingerprint density at radius 2 is 2.29 bits per heavy atom. The van der Waals surface area contributed by atoms with Crippen molar-refractivity contribution in [2.24, 2.45) is 0 Å². The highest BCUT2D eigenvalue weighted by atomic mass is 35.5. The Morgan fingerprint density at radius 3 is 3.10 bits per heavy atom. The summed E-state index contributed by atoms with van der Waals surface area (Å²) in [7, 11) is 0. The van der Waals surface area contributed by atoms with Crippen molar-refractivity contribution < 1.29 is 14.6 Å². The number of hydrogen-bond acceptors (Lipinski definition) is 3. The molecule has 2 aliphatic rings. The maximum atomic E-state index is 10.8. The Bertz CT molecular complexity index is 573. The van der Waals surface area contributed by atoms with Crippen LogP contribution in [0.3, 0.4) is 0 Å². The van der Waals surface area contributed by atoms with Gasteiger partial charge in [0.15, 0.2) is 0 Å². The van der Waals surface area contributed by atoms with Crippen LogP contribution in [0, 0.1) is 0 Å². The van der Waals surface area contributed by atoms with Crippen molar-refractivity contribution in [2.75, 3.05) is 18.1 Å². The van der Waals surface area contributed by atoms with Crippen LogP contribution < -0.4 is 4.90 Å². The summed E-state index contributed by atoms with van der Waals surface area (Å²) in [6.07, 6.45) is 6.47. The average molecular weight is 308 g/mol. The second kappa shape index (κ2) is 6.08. The predicted molar refractivity (Wildman–Crippen MR) is 82.8 cm³/mol. The molecule has 0 spiro atoms. The van der Waals surface area contributed by atoms with Crippen LogP contribution in [-0.4, -0.2) is 36.4 Å². The third-order valence-corrected chi connectivity index (χ3v) is 4.42. The van der Waals surface area contributed by atoms with Crippen LogP contribution in [0.15, 0.2) is 24.3 Å². The van der Waals surface area contributed by atoms with Crippen molar-refractivity contribution in [3.63, 3.8) is 0 Å². The van der Waals surface area contributed by atoms with Gasteiger partial charge in [-0.3, -0.25) is 0 Å². The number of anilines is 1. The summed E-state index contributed by atoms with van der Waals surface area (Å²) < 4.78 is 5.84. The second-order valence-electron chi connectivity index (χ2n) is 5.48. The number of aliphatic carboxylic acids is 1. The van der Waals surface area contributed by atoms with Crippen molar-refractivity contribution >= 4 is 29.3 Å². The fourth-order valence-electron chi connectivity index (χ4n) is 3.31. The monoisotopic (exact) mass is 307 g/mol. The number of morpholine rings is 1. The van der Waals surface area contributed by atoms with Crippen LogP contribution in [0.5, 0.6) is 0 Å². The maximum absolute atomic E-state index is 10.8. The minimum absolute atomic E-state index is 0.297. The number of carbonyl (C=O) groups is 1. The minimum atomic E-state index is -0.957. The molecule has 1 saturated carbocycles. The van der Waals surface area contributed by atoms with E-state index in [1.807, 2.05) is 18.2 Å². The van der Waals surface area contributed by atoms with E-state index < -0.39 is 5.97 Å². The highest BCUT2D eigenvalue weighted by Gasteiger charge is 2.36. The van der Waals surface area contributed by atoms with Crippen LogP contribution >= 0.6 is 11.6 Å². The summed E-state index contributed by atoms with van der Waals surface area (Å²) in [4.78, 5) is 13.1. The molecule has 1 aliphatic carbocycles. The zero-order valence-corrected chi connectivity index (χ0v) is 12.4. The molecule has 0 amide bonds. The molecule has 2 atom stereocenters. The van der Waals surface area contributed by atoms with E-state index in [-0.39, 0.29) is 0 Å². The lowest BCUT2D eigenvalue weighted by Crippen LogP contribution is -2.48. The van der Waals surface area contributed by atoms with Gasteiger partial charge in [0.05, 0.1) is 18.8 Å². The number of halogens is 1. The first-order valence-electron chi connectivity index (χ1n) is 7.24. The first-order valence-corrected chi connectivity index (χ1v) is 7.62. The van der Waals surface area contributed by atoms with E-state index in [1.54, 1.807) is 6.08 Å². The minimum Gasteiger partial charge on any atom is -0.478 e. The molecule has 2 fully saturated rings. The van der Waals surface area contributed by atoms with E-state index in [1.165, 1.54) is 6.42 Å². The SMILES string of the molecule is O=C(O)/C=C/c1cc(Cl)ccc1N1CCOC2CCCC21. The van der Waals surface area contributed by atoms with Gasteiger partial charge in [-0.1, -0.05) is 11.6 Å². The van der Waals surface area contributed by atoms with Gasteiger partial charge >= 0.3 is 5.97 Å². The Labute approximate surface area is 129 Å². The Kier molecular flexibility index (Phi) is 4.17. The number of hydrogen-bond donors (Lipinski definition) is 1. The van der Waals surface area contributed by atoms with Gasteiger partial charge in [0.25, 0.3) is 0 Å². The standard InChI is InChI=1S/C16H18ClNO3/c17-12-5-6-13(11(10-12)4-7-16(19)20)18-8-9-21-15-3-1-2-14(15)18/h4-7,10,14-15H,1-3,8-9H2,(H,19,20)/b7-4+. The lowest BCUT2D eigenvalue weighted by atomic mass is 10.1. The van der Waals surface area contributed by atoms with Crippen LogP contribution in [-0.2, 0) is 9.53 Å². The first kappa shape index (κ1) is 14.4. The van der Waals surface area contributed by atoms with Gasteiger partial charge in [0, 0.05) is 23.3 Å². The topological polar surface area (TPSA) is 49.8 Å². The van der Waals surface area contributed by atoms with Gasteiger partial charge in [-0.05, 0) is 49.1 Å². The highest BCUT2D eigenvalue weighted by molar-refractivity contribution is 6.30. The zero-order chi connectivity index (χ0) is 14.8. The zero-order valence-electron chi connectivity index (χ0n) is 11.7. The Morgan fingerprint density at radius 1 is 1.43 bits per heavy atom. The predicted octanol–water partition coefficient (Wildman–Crippen LogP) is 3.20. The number of carboxylic acids is 1. The van der Waals surface area contributed by atoms with Gasteiger partial charge in [-0.15, -0.1) is 0 Å². The number of nitrogens with zero attached hydrogens (tertiary/aromatic N) is 1. The number of benzene rings is 1. The molecule has 0 aromatic heterocycles. The van der Waals surface area contributed by atoms with Crippen LogP contribution in [0.4, 0.5) is 5.69 Å². The summed E-state index contributed by atoms with van der Waals surface area (Å²) >= 11 is 6.06. The van der Waals surface area contributed by atoms with E-state index in [2.05, 4.69) is 4.90 Å². The van der Waals surface area contributed by atoms with Gasteiger partial charge in [-0.25, -0.2) is 4.79 Å². The number of carboxylic acid groups (broad SMARTS) is 1. The van der Waals surface area contributed by atoms with E-state index in [4.69, 9.17) is 21.4 Å². The summed E-state index contributed by atoms with van der Waals surface area (Å²) in [6, 6.07) is 6.03. The molecule has 1 saturated heterocycles. The van der Waals surface area contributed by atoms with Gasteiger partial charge in [0.2, 0.25) is 0 Å². The summed E-state index contributed by atoms with van der Waals surface area (Å²) in [6.45, 7) is 1.54. The van der Waals surface area contributed by atoms with Crippen molar-refractivity contribution in [3.05, 3.63) is 34.9 Å². The average Bonchev–Trinajstić information content (AvgIpc) is 2.93. The van der Waals surface area contributed by atoms with Crippen molar-refractivity contribution in [2.45, 2.75) is 31.4 Å². The molecule has 3 rings (SSSR count). The Balaban J connectivity index is 1.95. The van der Waals surface area contributed by atoms with E-state index in [0.29, 0.717) is 23.8 Å². The lowest BCUT2D eigenvalue weighted by Gasteiger charge is -2.40. The molecule has 2 unspecified atom stereocenters. The van der Waals surface area contributed by atoms with Gasteiger partial charge < -0.3 is 14.7 Å². The molecule has 0 bridgehead atoms. The number of rotatable bonds is 3. The molecule has 1 aromatic rings. The van der Waals surface area contributed by atoms with Gasteiger partial charge in [-0.2, -0.15) is 0 Å². The molecule has 5 heteroatoms. The molecule has 1 N–H and O–H groups in total. The number of ether oxygens (including phenoxy) is 1. The molecule has 21 heavy (non-hydrogen) atoms. The smallest absolute Gasteiger partial charge is 0.328 e. The summed E-state index contributed by atoms with van der Waals surface area (Å²) in [5.41, 5.74) is 1.88. The van der Waals surface area contributed by atoms with Gasteiger partial charge in [0.1, 0.15) is 0 Å². The van der Waals surface area contributed by atoms with E-state index >= 15 is 0 Å². The highest BCUT2D eigenvalue weighted by Crippen LogP contribution is 2.35. The third kappa shape index (κ3) is 3.06. The quantitative estimate of drug-likeness (QED) is 0.871. The number of fused-ring (bicyclic) bond motifs is 1. The van der Waals surface area contributed by atoms with Crippen LogP contribution in [0.1, 0.15) is 24.8 Å². The lowest BCUT2D eigenvalue weighted by molar-refractivity contribution is -0.131. The maximum Gasteiger partial charge on any atom is 0.328 e. The van der Waals surface area contributed by atoms with Crippen molar-refractivity contribution in [3.8, 4) is 0 Å². The van der Waals surface area contributed by atoms with E-state index in [9.17, 15) is 4.79 Å². The second-order valence-corrected chi connectivity index (χ2v) is 5.91.